The average Bonchev–Trinajstić information content (AvgIpc) is 2.54. The van der Waals surface area contributed by atoms with Crippen molar-refractivity contribution < 1.29 is 5.11 Å². The maximum atomic E-state index is 11.4. The summed E-state index contributed by atoms with van der Waals surface area (Å²) in [5.74, 6) is 0. The zero-order valence-electron chi connectivity index (χ0n) is 15.3. The van der Waals surface area contributed by atoms with Gasteiger partial charge in [-0.05, 0) is 34.9 Å². The Labute approximate surface area is 146 Å². The van der Waals surface area contributed by atoms with Crippen molar-refractivity contribution in [3.05, 3.63) is 65.7 Å². The molecule has 0 bridgehead atoms. The average molecular weight is 331 g/mol. The second-order valence-corrected chi connectivity index (χ2v) is 7.64. The van der Waals surface area contributed by atoms with Gasteiger partial charge in [-0.25, -0.2) is 0 Å². The van der Waals surface area contributed by atoms with Crippen molar-refractivity contribution in [2.45, 2.75) is 51.5 Å². The number of hydrogen-bond acceptors (Lipinski definition) is 2. The summed E-state index contributed by atoms with van der Waals surface area (Å²) in [7, 11) is 0. The van der Waals surface area contributed by atoms with Crippen LogP contribution in [0.3, 0.4) is 0 Å². The Balaban J connectivity index is 0.000000816. The summed E-state index contributed by atoms with van der Waals surface area (Å²) < 4.78 is 0. The maximum absolute atomic E-state index is 11.4. The van der Waals surface area contributed by atoms with E-state index in [1.54, 1.807) is 11.8 Å². The lowest BCUT2D eigenvalue weighted by atomic mass is 9.68. The van der Waals surface area contributed by atoms with Gasteiger partial charge in [0.25, 0.3) is 0 Å². The standard InChI is InChI=1S/C18H22OS.C3H8/c1-17(2,3)18(19,14-8-6-5-7-9-14)15-10-12-16(20-4)13-11-15;1-3-2/h5-13,19H,1-4H3;3H2,1-2H3. The first-order valence-electron chi connectivity index (χ1n) is 8.23. The Kier molecular flexibility index (Phi) is 7.37. The number of rotatable bonds is 3. The van der Waals surface area contributed by atoms with Gasteiger partial charge in [-0.15, -0.1) is 11.8 Å². The van der Waals surface area contributed by atoms with Crippen LogP contribution in [0.15, 0.2) is 59.5 Å². The van der Waals surface area contributed by atoms with E-state index in [-0.39, 0.29) is 5.41 Å². The lowest BCUT2D eigenvalue weighted by molar-refractivity contribution is -0.0259. The molecule has 0 saturated heterocycles. The van der Waals surface area contributed by atoms with Gasteiger partial charge in [-0.3, -0.25) is 0 Å². The highest BCUT2D eigenvalue weighted by Crippen LogP contribution is 2.44. The highest BCUT2D eigenvalue weighted by atomic mass is 32.2. The van der Waals surface area contributed by atoms with E-state index in [0.717, 1.165) is 11.1 Å². The Morgan fingerprint density at radius 3 is 1.65 bits per heavy atom. The van der Waals surface area contributed by atoms with Crippen LogP contribution < -0.4 is 0 Å². The minimum Gasteiger partial charge on any atom is -0.380 e. The second kappa shape index (κ2) is 8.56. The van der Waals surface area contributed by atoms with Crippen LogP contribution in [-0.2, 0) is 5.60 Å². The molecule has 1 nitrogen and oxygen atoms in total. The summed E-state index contributed by atoms with van der Waals surface area (Å²) >= 11 is 1.71. The molecule has 0 aliphatic heterocycles. The summed E-state index contributed by atoms with van der Waals surface area (Å²) in [6.45, 7) is 10.5. The quantitative estimate of drug-likeness (QED) is 0.685. The minimum absolute atomic E-state index is 0.296. The molecule has 2 aromatic rings. The molecule has 0 aliphatic carbocycles. The van der Waals surface area contributed by atoms with E-state index in [2.05, 4.69) is 53.0 Å². The van der Waals surface area contributed by atoms with Crippen LogP contribution in [0.4, 0.5) is 0 Å². The van der Waals surface area contributed by atoms with Crippen molar-refractivity contribution >= 4 is 11.8 Å². The second-order valence-electron chi connectivity index (χ2n) is 6.76. The molecule has 0 aromatic heterocycles. The zero-order valence-corrected chi connectivity index (χ0v) is 16.1. The molecule has 1 N–H and O–H groups in total. The van der Waals surface area contributed by atoms with Crippen LogP contribution in [-0.4, -0.2) is 11.4 Å². The molecule has 0 heterocycles. The van der Waals surface area contributed by atoms with E-state index >= 15 is 0 Å². The predicted octanol–water partition coefficient (Wildman–Crippen LogP) is 6.11. The first kappa shape index (κ1) is 19.8. The van der Waals surface area contributed by atoms with Crippen molar-refractivity contribution in [1.82, 2.24) is 0 Å². The predicted molar refractivity (Wildman–Crippen MR) is 103 cm³/mol. The van der Waals surface area contributed by atoms with Gasteiger partial charge in [-0.2, -0.15) is 0 Å². The van der Waals surface area contributed by atoms with Gasteiger partial charge in [0.2, 0.25) is 0 Å². The summed E-state index contributed by atoms with van der Waals surface area (Å²) in [4.78, 5) is 1.21. The lowest BCUT2D eigenvalue weighted by Crippen LogP contribution is -2.41. The fraction of sp³-hybridized carbons (Fsp3) is 0.429. The van der Waals surface area contributed by atoms with E-state index < -0.39 is 5.60 Å². The molecule has 0 fully saturated rings. The molecule has 0 saturated carbocycles. The highest BCUT2D eigenvalue weighted by molar-refractivity contribution is 7.98. The monoisotopic (exact) mass is 330 g/mol. The summed E-state index contributed by atoms with van der Waals surface area (Å²) in [6.07, 6.45) is 3.31. The van der Waals surface area contributed by atoms with Crippen LogP contribution in [0.25, 0.3) is 0 Å². The van der Waals surface area contributed by atoms with Crippen LogP contribution >= 0.6 is 11.8 Å². The third kappa shape index (κ3) is 4.62. The minimum atomic E-state index is -0.995. The Morgan fingerprint density at radius 1 is 0.826 bits per heavy atom. The van der Waals surface area contributed by atoms with E-state index in [1.165, 1.54) is 11.3 Å². The van der Waals surface area contributed by atoms with Crippen LogP contribution in [0, 0.1) is 5.41 Å². The number of benzene rings is 2. The highest BCUT2D eigenvalue weighted by Gasteiger charge is 2.43. The van der Waals surface area contributed by atoms with Crippen molar-refractivity contribution in [3.63, 3.8) is 0 Å². The topological polar surface area (TPSA) is 20.2 Å². The number of hydrogen-bond donors (Lipinski definition) is 1. The Morgan fingerprint density at radius 2 is 1.26 bits per heavy atom. The van der Waals surface area contributed by atoms with Crippen LogP contribution in [0.2, 0.25) is 0 Å². The lowest BCUT2D eigenvalue weighted by Gasteiger charge is -2.41. The SMILES string of the molecule is CCC.CSc1ccc(C(O)(c2ccccc2)C(C)(C)C)cc1. The summed E-state index contributed by atoms with van der Waals surface area (Å²) in [5.41, 5.74) is 0.582. The molecule has 1 unspecified atom stereocenters. The summed E-state index contributed by atoms with van der Waals surface area (Å²) in [5, 5.41) is 11.4. The molecule has 0 aliphatic rings. The van der Waals surface area contributed by atoms with E-state index in [9.17, 15) is 5.11 Å². The first-order chi connectivity index (χ1) is 10.8. The van der Waals surface area contributed by atoms with Crippen molar-refractivity contribution in [1.29, 1.82) is 0 Å². The van der Waals surface area contributed by atoms with Gasteiger partial charge in [0.15, 0.2) is 0 Å². The molecular formula is C21H30OS. The molecule has 0 spiro atoms. The van der Waals surface area contributed by atoms with Gasteiger partial charge < -0.3 is 5.11 Å². The Hall–Kier alpha value is -1.25. The molecule has 2 aromatic carbocycles. The molecule has 0 radical (unpaired) electrons. The van der Waals surface area contributed by atoms with E-state index in [4.69, 9.17) is 0 Å². The van der Waals surface area contributed by atoms with Gasteiger partial charge in [0.05, 0.1) is 0 Å². The molecule has 2 rings (SSSR count). The molecule has 2 heteroatoms. The Bertz CT molecular complexity index is 569. The molecule has 1 atom stereocenters. The van der Waals surface area contributed by atoms with Crippen molar-refractivity contribution in [2.75, 3.05) is 6.26 Å². The smallest absolute Gasteiger partial charge is 0.119 e. The fourth-order valence-corrected chi connectivity index (χ4v) is 2.95. The third-order valence-corrected chi connectivity index (χ3v) is 4.53. The number of thioether (sulfide) groups is 1. The molecular weight excluding hydrogens is 300 g/mol. The van der Waals surface area contributed by atoms with Gasteiger partial charge in [0, 0.05) is 4.90 Å². The third-order valence-electron chi connectivity index (χ3n) is 3.78. The van der Waals surface area contributed by atoms with Gasteiger partial charge in [-0.1, -0.05) is 83.5 Å². The molecule has 0 amide bonds. The van der Waals surface area contributed by atoms with Crippen molar-refractivity contribution in [3.8, 4) is 0 Å². The largest absolute Gasteiger partial charge is 0.380 e. The normalized spacial score (nSPS) is 13.7. The zero-order chi connectivity index (χ0) is 17.5. The summed E-state index contributed by atoms with van der Waals surface area (Å²) in [6, 6.07) is 18.1. The van der Waals surface area contributed by atoms with Crippen LogP contribution in [0.1, 0.15) is 52.2 Å². The molecule has 126 valence electrons. The van der Waals surface area contributed by atoms with E-state index in [0.29, 0.717) is 0 Å². The maximum Gasteiger partial charge on any atom is 0.119 e. The van der Waals surface area contributed by atoms with Crippen molar-refractivity contribution in [2.24, 2.45) is 5.41 Å². The molecule has 23 heavy (non-hydrogen) atoms. The van der Waals surface area contributed by atoms with Gasteiger partial charge in [0.1, 0.15) is 5.60 Å². The number of aliphatic hydroxyl groups is 1. The van der Waals surface area contributed by atoms with Gasteiger partial charge >= 0.3 is 0 Å². The fourth-order valence-electron chi connectivity index (χ4n) is 2.54. The van der Waals surface area contributed by atoms with E-state index in [1.807, 2.05) is 42.5 Å². The first-order valence-corrected chi connectivity index (χ1v) is 9.46. The van der Waals surface area contributed by atoms with Crippen LogP contribution in [0.5, 0.6) is 0 Å².